The Balaban J connectivity index is 2.05. The largest absolute Gasteiger partial charge is 0.339 e. The van der Waals surface area contributed by atoms with Crippen molar-refractivity contribution in [1.29, 1.82) is 5.41 Å². The second-order valence-corrected chi connectivity index (χ2v) is 9.08. The van der Waals surface area contributed by atoms with E-state index in [2.05, 4.69) is 25.9 Å². The van der Waals surface area contributed by atoms with E-state index in [9.17, 15) is 4.79 Å². The van der Waals surface area contributed by atoms with Gasteiger partial charge in [0, 0.05) is 36.0 Å². The lowest BCUT2D eigenvalue weighted by Gasteiger charge is -2.24. The number of nitrogens with one attached hydrogen (secondary N) is 4. The smallest absolute Gasteiger partial charge is 0.320 e. The zero-order chi connectivity index (χ0) is 21.4. The van der Waals surface area contributed by atoms with Crippen molar-refractivity contribution >= 4 is 17.4 Å². The summed E-state index contributed by atoms with van der Waals surface area (Å²) < 4.78 is 1.86. The molecule has 0 unspecified atom stereocenters. The maximum absolute atomic E-state index is 12.5. The number of carbonyl (C=O) groups is 1. The fourth-order valence-electron chi connectivity index (χ4n) is 3.06. The third kappa shape index (κ3) is 8.27. The lowest BCUT2D eigenvalue weighted by Crippen LogP contribution is -2.43. The highest BCUT2D eigenvalue weighted by atomic mass is 16.2. The molecule has 2 amide bonds. The molecule has 0 radical (unpaired) electrons. The first kappa shape index (κ1) is 22.9. The van der Waals surface area contributed by atoms with E-state index in [1.54, 1.807) is 12.3 Å². The van der Waals surface area contributed by atoms with Gasteiger partial charge in [-0.2, -0.15) is 5.10 Å². The zero-order valence-corrected chi connectivity index (χ0v) is 18.5. The summed E-state index contributed by atoms with van der Waals surface area (Å²) in [5.74, 6) is 0.477. The zero-order valence-electron chi connectivity index (χ0n) is 18.5. The number of nitrogens with zero attached hydrogens (tertiary/aromatic N) is 3. The van der Waals surface area contributed by atoms with E-state index in [-0.39, 0.29) is 17.5 Å². The number of likely N-dealkylation sites (N-methyl/N-ethyl adjacent to an activating group) is 1. The maximum Gasteiger partial charge on any atom is 0.320 e. The molecule has 0 atom stereocenters. The van der Waals surface area contributed by atoms with Crippen molar-refractivity contribution in [2.75, 3.05) is 26.0 Å². The number of hydrogen-bond donors (Lipinski definition) is 4. The molecule has 0 aromatic carbocycles. The Morgan fingerprint density at radius 3 is 2.62 bits per heavy atom. The molecule has 162 valence electrons. The summed E-state index contributed by atoms with van der Waals surface area (Å²) in [6.07, 6.45) is 10.9. The average Bonchev–Trinajstić information content (AvgIpc) is 3.07. The van der Waals surface area contributed by atoms with Crippen molar-refractivity contribution < 1.29 is 4.79 Å². The molecular weight excluding hydrogens is 366 g/mol. The van der Waals surface area contributed by atoms with E-state index in [1.165, 1.54) is 6.42 Å². The highest BCUT2D eigenvalue weighted by Crippen LogP contribution is 2.18. The SMILES string of the molecule is CN(C)CCn1cc(N/C(=C\C(=N)C(C)(C)C)NC(=O)NC2CCCCC2)cn1. The van der Waals surface area contributed by atoms with Crippen molar-refractivity contribution in [3.63, 3.8) is 0 Å². The van der Waals surface area contributed by atoms with E-state index in [0.29, 0.717) is 11.5 Å². The first-order valence-corrected chi connectivity index (χ1v) is 10.5. The average molecular weight is 404 g/mol. The van der Waals surface area contributed by atoms with Crippen molar-refractivity contribution in [2.45, 2.75) is 65.5 Å². The molecule has 4 N–H and O–H groups in total. The summed E-state index contributed by atoms with van der Waals surface area (Å²) in [5.41, 5.74) is 0.886. The molecule has 1 fully saturated rings. The fourth-order valence-corrected chi connectivity index (χ4v) is 3.06. The Labute approximate surface area is 174 Å². The Bertz CT molecular complexity index is 709. The molecule has 29 heavy (non-hydrogen) atoms. The molecule has 0 aliphatic heterocycles. The molecule has 1 aliphatic rings. The summed E-state index contributed by atoms with van der Waals surface area (Å²) >= 11 is 0. The molecule has 1 aromatic heterocycles. The van der Waals surface area contributed by atoms with Gasteiger partial charge in [0.2, 0.25) is 0 Å². The van der Waals surface area contributed by atoms with Crippen LogP contribution < -0.4 is 16.0 Å². The molecule has 8 heteroatoms. The number of amides is 2. The van der Waals surface area contributed by atoms with E-state index in [4.69, 9.17) is 5.41 Å². The second-order valence-electron chi connectivity index (χ2n) is 9.08. The minimum Gasteiger partial charge on any atom is -0.339 e. The van der Waals surface area contributed by atoms with Gasteiger partial charge >= 0.3 is 6.03 Å². The van der Waals surface area contributed by atoms with Crippen LogP contribution in [0, 0.1) is 10.8 Å². The van der Waals surface area contributed by atoms with Crippen LogP contribution in [-0.4, -0.2) is 53.1 Å². The van der Waals surface area contributed by atoms with Gasteiger partial charge in [0.1, 0.15) is 5.82 Å². The van der Waals surface area contributed by atoms with E-state index < -0.39 is 0 Å². The first-order chi connectivity index (χ1) is 13.6. The van der Waals surface area contributed by atoms with Crippen LogP contribution in [0.4, 0.5) is 10.5 Å². The van der Waals surface area contributed by atoms with Crippen LogP contribution in [0.5, 0.6) is 0 Å². The van der Waals surface area contributed by atoms with Gasteiger partial charge in [0.15, 0.2) is 0 Å². The van der Waals surface area contributed by atoms with Gasteiger partial charge in [-0.05, 0) is 26.9 Å². The summed E-state index contributed by atoms with van der Waals surface area (Å²) in [6.45, 7) is 7.60. The summed E-state index contributed by atoms with van der Waals surface area (Å²) in [4.78, 5) is 14.6. The standard InChI is InChI=1S/C21H37N7O/c1-21(2,3)18(22)13-19(26-20(29)25-16-9-7-6-8-10-16)24-17-14-23-28(15-17)12-11-27(4)5/h13-16,22,24H,6-12H2,1-5H3,(H2,25,26,29)/b19-13+,22-18?. The Kier molecular flexibility index (Phi) is 8.25. The molecule has 0 bridgehead atoms. The van der Waals surface area contributed by atoms with Crippen molar-refractivity contribution in [1.82, 2.24) is 25.3 Å². The van der Waals surface area contributed by atoms with Crippen LogP contribution in [0.25, 0.3) is 0 Å². The van der Waals surface area contributed by atoms with Crippen molar-refractivity contribution in [3.8, 4) is 0 Å². The van der Waals surface area contributed by atoms with Crippen LogP contribution in [0.1, 0.15) is 52.9 Å². The highest BCUT2D eigenvalue weighted by molar-refractivity contribution is 5.97. The van der Waals surface area contributed by atoms with E-state index >= 15 is 0 Å². The van der Waals surface area contributed by atoms with Crippen LogP contribution in [0.2, 0.25) is 0 Å². The van der Waals surface area contributed by atoms with Crippen LogP contribution in [0.15, 0.2) is 24.3 Å². The number of carbonyl (C=O) groups excluding carboxylic acids is 1. The molecule has 2 rings (SSSR count). The quantitative estimate of drug-likeness (QED) is 0.500. The summed E-state index contributed by atoms with van der Waals surface area (Å²) in [5, 5.41) is 21.9. The van der Waals surface area contributed by atoms with Gasteiger partial charge in [0.05, 0.1) is 18.4 Å². The van der Waals surface area contributed by atoms with Gasteiger partial charge in [-0.25, -0.2) is 4.79 Å². The van der Waals surface area contributed by atoms with Gasteiger partial charge in [-0.15, -0.1) is 0 Å². The fraction of sp³-hybridized carbons (Fsp3) is 0.667. The maximum atomic E-state index is 12.5. The molecular formula is C21H37N7O. The minimum atomic E-state index is -0.315. The Hall–Kier alpha value is -2.35. The Morgan fingerprint density at radius 2 is 2.00 bits per heavy atom. The van der Waals surface area contributed by atoms with Gasteiger partial charge < -0.3 is 20.9 Å². The molecule has 1 aliphatic carbocycles. The molecule has 8 nitrogen and oxygen atoms in total. The highest BCUT2D eigenvalue weighted by Gasteiger charge is 2.19. The minimum absolute atomic E-state index is 0.223. The number of rotatable bonds is 8. The second kappa shape index (κ2) is 10.4. The van der Waals surface area contributed by atoms with Crippen LogP contribution >= 0.6 is 0 Å². The number of aromatic nitrogens is 2. The number of hydrogen-bond acceptors (Lipinski definition) is 5. The van der Waals surface area contributed by atoms with Gasteiger partial charge in [-0.1, -0.05) is 40.0 Å². The van der Waals surface area contributed by atoms with E-state index in [0.717, 1.165) is 44.5 Å². The predicted molar refractivity (Wildman–Crippen MR) is 118 cm³/mol. The molecule has 0 spiro atoms. The first-order valence-electron chi connectivity index (χ1n) is 10.5. The summed E-state index contributed by atoms with van der Waals surface area (Å²) in [6, 6.07) is -0.0155. The Morgan fingerprint density at radius 1 is 1.31 bits per heavy atom. The number of allylic oxidation sites excluding steroid dienone is 1. The summed E-state index contributed by atoms with van der Waals surface area (Å²) in [7, 11) is 4.05. The van der Waals surface area contributed by atoms with Gasteiger partial charge in [-0.3, -0.25) is 10.00 Å². The topological polar surface area (TPSA) is 98.1 Å². The lowest BCUT2D eigenvalue weighted by molar-refractivity contribution is 0.235. The van der Waals surface area contributed by atoms with Crippen molar-refractivity contribution in [2.24, 2.45) is 5.41 Å². The molecule has 1 aromatic rings. The third-order valence-corrected chi connectivity index (χ3v) is 4.97. The number of urea groups is 1. The van der Waals surface area contributed by atoms with Gasteiger partial charge in [0.25, 0.3) is 0 Å². The third-order valence-electron chi connectivity index (χ3n) is 4.97. The number of anilines is 1. The predicted octanol–water partition coefficient (Wildman–Crippen LogP) is 3.40. The normalized spacial score (nSPS) is 16.0. The lowest BCUT2D eigenvalue weighted by atomic mass is 9.90. The van der Waals surface area contributed by atoms with E-state index in [1.807, 2.05) is 45.7 Å². The molecule has 1 heterocycles. The molecule has 0 saturated heterocycles. The monoisotopic (exact) mass is 403 g/mol. The van der Waals surface area contributed by atoms with Crippen LogP contribution in [-0.2, 0) is 6.54 Å². The molecule has 1 saturated carbocycles. The van der Waals surface area contributed by atoms with Crippen LogP contribution in [0.3, 0.4) is 0 Å². The van der Waals surface area contributed by atoms with Crippen molar-refractivity contribution in [3.05, 3.63) is 24.3 Å².